The first-order valence-electron chi connectivity index (χ1n) is 5.79. The van der Waals surface area contributed by atoms with Crippen LogP contribution in [0.15, 0.2) is 30.5 Å². The highest BCUT2D eigenvalue weighted by molar-refractivity contribution is 6.42. The molecule has 0 fully saturated rings. The van der Waals surface area contributed by atoms with Crippen molar-refractivity contribution in [2.45, 2.75) is 13.0 Å². The molecule has 5 heteroatoms. The Morgan fingerprint density at radius 2 is 2.06 bits per heavy atom. The molecule has 0 saturated carbocycles. The molecule has 2 aromatic rings. The minimum absolute atomic E-state index is 0.0333. The van der Waals surface area contributed by atoms with Gasteiger partial charge < -0.3 is 5.32 Å². The number of hydrogen-bond donors (Lipinski definition) is 1. The van der Waals surface area contributed by atoms with Gasteiger partial charge in [-0.1, -0.05) is 36.2 Å². The molecule has 3 nitrogen and oxygen atoms in total. The fraction of sp³-hybridized carbons (Fsp3) is 0.308. The van der Waals surface area contributed by atoms with Gasteiger partial charge in [0.25, 0.3) is 0 Å². The van der Waals surface area contributed by atoms with Crippen LogP contribution in [0.1, 0.15) is 24.2 Å². The number of hydrogen-bond acceptors (Lipinski definition) is 2. The van der Waals surface area contributed by atoms with Crippen molar-refractivity contribution in [2.24, 2.45) is 7.05 Å². The van der Waals surface area contributed by atoms with Crippen LogP contribution in [0.2, 0.25) is 10.0 Å². The number of nitrogens with one attached hydrogen (secondary N) is 1. The van der Waals surface area contributed by atoms with Gasteiger partial charge in [-0.05, 0) is 30.3 Å². The van der Waals surface area contributed by atoms with E-state index in [0.29, 0.717) is 10.0 Å². The zero-order valence-electron chi connectivity index (χ0n) is 10.3. The van der Waals surface area contributed by atoms with Gasteiger partial charge in [0.2, 0.25) is 0 Å². The normalized spacial score (nSPS) is 12.7. The molecule has 1 N–H and O–H groups in total. The predicted octanol–water partition coefficient (Wildman–Crippen LogP) is 3.43. The summed E-state index contributed by atoms with van der Waals surface area (Å²) in [5.41, 5.74) is 2.03. The number of aromatic nitrogens is 2. The monoisotopic (exact) mass is 283 g/mol. The Bertz CT molecular complexity index is 537. The van der Waals surface area contributed by atoms with Gasteiger partial charge in [-0.15, -0.1) is 0 Å². The Balaban J connectivity index is 2.37. The number of aryl methyl sites for hydroxylation is 1. The van der Waals surface area contributed by atoms with Gasteiger partial charge in [0, 0.05) is 13.2 Å². The van der Waals surface area contributed by atoms with E-state index >= 15 is 0 Å². The lowest BCUT2D eigenvalue weighted by atomic mass is 10.0. The van der Waals surface area contributed by atoms with Crippen LogP contribution in [0, 0.1) is 0 Å². The predicted molar refractivity (Wildman–Crippen MR) is 75.2 cm³/mol. The summed E-state index contributed by atoms with van der Waals surface area (Å²) in [7, 11) is 1.90. The molecule has 0 saturated heterocycles. The first-order chi connectivity index (χ1) is 8.61. The molecule has 2 rings (SSSR count). The number of benzene rings is 1. The highest BCUT2D eigenvalue weighted by Crippen LogP contribution is 2.28. The molecule has 0 bridgehead atoms. The van der Waals surface area contributed by atoms with Crippen LogP contribution in [0.5, 0.6) is 0 Å². The van der Waals surface area contributed by atoms with Crippen LogP contribution in [0.4, 0.5) is 0 Å². The van der Waals surface area contributed by atoms with Gasteiger partial charge in [-0.3, -0.25) is 4.68 Å². The highest BCUT2D eigenvalue weighted by Gasteiger charge is 2.16. The molecule has 0 radical (unpaired) electrons. The molecular weight excluding hydrogens is 269 g/mol. The molecule has 0 spiro atoms. The molecule has 96 valence electrons. The summed E-state index contributed by atoms with van der Waals surface area (Å²) in [5.74, 6) is 0. The van der Waals surface area contributed by atoms with E-state index in [1.165, 1.54) is 0 Å². The van der Waals surface area contributed by atoms with Crippen molar-refractivity contribution < 1.29 is 0 Å². The molecule has 1 atom stereocenters. The summed E-state index contributed by atoms with van der Waals surface area (Å²) >= 11 is 12.0. The fourth-order valence-corrected chi connectivity index (χ4v) is 2.18. The SMILES string of the molecule is CCNC(c1ccc(Cl)c(Cl)c1)c1ccn(C)n1. The first kappa shape index (κ1) is 13.4. The zero-order valence-corrected chi connectivity index (χ0v) is 11.8. The Labute approximate surface area is 117 Å². The van der Waals surface area contributed by atoms with E-state index in [-0.39, 0.29) is 6.04 Å². The van der Waals surface area contributed by atoms with Crippen molar-refractivity contribution in [3.63, 3.8) is 0 Å². The maximum Gasteiger partial charge on any atom is 0.0839 e. The summed E-state index contributed by atoms with van der Waals surface area (Å²) in [6.45, 7) is 2.91. The Morgan fingerprint density at radius 1 is 1.28 bits per heavy atom. The summed E-state index contributed by atoms with van der Waals surface area (Å²) in [4.78, 5) is 0. The minimum Gasteiger partial charge on any atom is -0.305 e. The highest BCUT2D eigenvalue weighted by atomic mass is 35.5. The molecule has 0 amide bonds. The van der Waals surface area contributed by atoms with E-state index in [4.69, 9.17) is 23.2 Å². The smallest absolute Gasteiger partial charge is 0.0839 e. The molecule has 0 aliphatic rings. The van der Waals surface area contributed by atoms with Gasteiger partial charge >= 0.3 is 0 Å². The lowest BCUT2D eigenvalue weighted by Gasteiger charge is -2.16. The topological polar surface area (TPSA) is 29.9 Å². The third-order valence-electron chi connectivity index (χ3n) is 2.72. The summed E-state index contributed by atoms with van der Waals surface area (Å²) < 4.78 is 1.79. The average Bonchev–Trinajstić information content (AvgIpc) is 2.76. The van der Waals surface area contributed by atoms with Gasteiger partial charge in [0.05, 0.1) is 21.8 Å². The van der Waals surface area contributed by atoms with Crippen molar-refractivity contribution >= 4 is 23.2 Å². The van der Waals surface area contributed by atoms with E-state index in [1.807, 2.05) is 37.5 Å². The maximum absolute atomic E-state index is 6.07. The molecule has 1 aromatic heterocycles. The van der Waals surface area contributed by atoms with E-state index in [0.717, 1.165) is 17.8 Å². The van der Waals surface area contributed by atoms with Gasteiger partial charge in [-0.2, -0.15) is 5.10 Å². The maximum atomic E-state index is 6.07. The van der Waals surface area contributed by atoms with Crippen LogP contribution in [0.25, 0.3) is 0 Å². The standard InChI is InChI=1S/C13H15Cl2N3/c1-3-16-13(12-6-7-18(2)17-12)9-4-5-10(14)11(15)8-9/h4-8,13,16H,3H2,1-2H3. The molecule has 0 aliphatic carbocycles. The number of nitrogens with zero attached hydrogens (tertiary/aromatic N) is 2. The average molecular weight is 284 g/mol. The molecular formula is C13H15Cl2N3. The van der Waals surface area contributed by atoms with E-state index in [1.54, 1.807) is 4.68 Å². The Kier molecular flexibility index (Phi) is 4.27. The largest absolute Gasteiger partial charge is 0.305 e. The van der Waals surface area contributed by atoms with Crippen LogP contribution in [-0.4, -0.2) is 16.3 Å². The second-order valence-electron chi connectivity index (χ2n) is 4.08. The van der Waals surface area contributed by atoms with Crippen LogP contribution < -0.4 is 5.32 Å². The lowest BCUT2D eigenvalue weighted by molar-refractivity contribution is 0.600. The van der Waals surface area contributed by atoms with Crippen LogP contribution in [0.3, 0.4) is 0 Å². The van der Waals surface area contributed by atoms with Crippen molar-refractivity contribution in [2.75, 3.05) is 6.54 Å². The van der Waals surface area contributed by atoms with Crippen molar-refractivity contribution in [3.8, 4) is 0 Å². The second-order valence-corrected chi connectivity index (χ2v) is 4.89. The van der Waals surface area contributed by atoms with Crippen molar-refractivity contribution in [3.05, 3.63) is 51.8 Å². The molecule has 1 heterocycles. The van der Waals surface area contributed by atoms with E-state index in [2.05, 4.69) is 17.3 Å². The van der Waals surface area contributed by atoms with Crippen molar-refractivity contribution in [1.29, 1.82) is 0 Å². The van der Waals surface area contributed by atoms with Gasteiger partial charge in [-0.25, -0.2) is 0 Å². The first-order valence-corrected chi connectivity index (χ1v) is 6.55. The molecule has 1 unspecified atom stereocenters. The van der Waals surface area contributed by atoms with E-state index < -0.39 is 0 Å². The third kappa shape index (κ3) is 2.86. The van der Waals surface area contributed by atoms with Crippen molar-refractivity contribution in [1.82, 2.24) is 15.1 Å². The third-order valence-corrected chi connectivity index (χ3v) is 3.45. The van der Waals surface area contributed by atoms with Crippen LogP contribution in [-0.2, 0) is 7.05 Å². The lowest BCUT2D eigenvalue weighted by Crippen LogP contribution is -2.22. The fourth-order valence-electron chi connectivity index (χ4n) is 1.88. The quantitative estimate of drug-likeness (QED) is 0.932. The van der Waals surface area contributed by atoms with Crippen LogP contribution >= 0.6 is 23.2 Å². The Morgan fingerprint density at radius 3 is 2.61 bits per heavy atom. The Hall–Kier alpha value is -1.03. The molecule has 0 aliphatic heterocycles. The number of halogens is 2. The summed E-state index contributed by atoms with van der Waals surface area (Å²) in [5, 5.41) is 8.96. The second kappa shape index (κ2) is 5.74. The van der Waals surface area contributed by atoms with Gasteiger partial charge in [0.1, 0.15) is 0 Å². The van der Waals surface area contributed by atoms with E-state index in [9.17, 15) is 0 Å². The molecule has 18 heavy (non-hydrogen) atoms. The summed E-state index contributed by atoms with van der Waals surface area (Å²) in [6.07, 6.45) is 1.93. The summed E-state index contributed by atoms with van der Waals surface area (Å²) in [6, 6.07) is 7.69. The molecule has 1 aromatic carbocycles. The van der Waals surface area contributed by atoms with Gasteiger partial charge in [0.15, 0.2) is 0 Å². The minimum atomic E-state index is 0.0333. The zero-order chi connectivity index (χ0) is 13.1. The number of rotatable bonds is 4.